The molecule has 22 heavy (non-hydrogen) atoms. The molecule has 3 rings (SSSR count). The van der Waals surface area contributed by atoms with Crippen LogP contribution in [0.5, 0.6) is 0 Å². The Morgan fingerprint density at radius 2 is 2.05 bits per heavy atom. The Morgan fingerprint density at radius 3 is 2.77 bits per heavy atom. The summed E-state index contributed by atoms with van der Waals surface area (Å²) in [4.78, 5) is 0. The zero-order valence-corrected chi connectivity index (χ0v) is 13.7. The zero-order valence-electron chi connectivity index (χ0n) is 12.1. The van der Waals surface area contributed by atoms with Crippen molar-refractivity contribution in [2.24, 2.45) is 0 Å². The standard InChI is InChI=1S/C17H13ClN2OS/c1-17(2)13-7-12(11-5-3-4-10(6-11)9-19)14(18)8-15(13)20-16(22)21-17/h3-8H,1-2H3,(H,20,22). The summed E-state index contributed by atoms with van der Waals surface area (Å²) in [5, 5.41) is 13.0. The van der Waals surface area contributed by atoms with Gasteiger partial charge < -0.3 is 10.1 Å². The molecule has 0 aliphatic carbocycles. The number of hydrogen-bond donors (Lipinski definition) is 1. The first-order chi connectivity index (χ1) is 10.4. The van der Waals surface area contributed by atoms with Gasteiger partial charge in [0.2, 0.25) is 0 Å². The first-order valence-electron chi connectivity index (χ1n) is 6.75. The van der Waals surface area contributed by atoms with Gasteiger partial charge in [0.05, 0.1) is 22.3 Å². The number of thiocarbonyl (C=S) groups is 1. The fourth-order valence-electron chi connectivity index (χ4n) is 2.57. The molecule has 2 aromatic carbocycles. The minimum absolute atomic E-state index is 0.341. The van der Waals surface area contributed by atoms with E-state index in [0.717, 1.165) is 22.4 Å². The molecule has 110 valence electrons. The Hall–Kier alpha value is -2.09. The van der Waals surface area contributed by atoms with Crippen molar-refractivity contribution >= 4 is 34.7 Å². The summed E-state index contributed by atoms with van der Waals surface area (Å²) in [5.41, 5.74) is 3.65. The molecule has 3 nitrogen and oxygen atoms in total. The van der Waals surface area contributed by atoms with E-state index in [1.807, 2.05) is 44.2 Å². The van der Waals surface area contributed by atoms with Gasteiger partial charge in [0, 0.05) is 11.1 Å². The highest BCUT2D eigenvalue weighted by molar-refractivity contribution is 7.80. The van der Waals surface area contributed by atoms with Gasteiger partial charge in [-0.25, -0.2) is 0 Å². The third-order valence-corrected chi connectivity index (χ3v) is 4.14. The Bertz CT molecular complexity index is 824. The summed E-state index contributed by atoms with van der Waals surface area (Å²) in [6.07, 6.45) is 0. The number of fused-ring (bicyclic) bond motifs is 1. The van der Waals surface area contributed by atoms with Crippen molar-refractivity contribution in [3.05, 3.63) is 52.5 Å². The Balaban J connectivity index is 2.19. The molecule has 1 heterocycles. The predicted octanol–water partition coefficient (Wildman–Crippen LogP) is 4.84. The third-order valence-electron chi connectivity index (χ3n) is 3.64. The average molecular weight is 329 g/mol. The number of rotatable bonds is 1. The molecule has 1 aliphatic heterocycles. The summed E-state index contributed by atoms with van der Waals surface area (Å²) < 4.78 is 5.70. The number of nitrogens with one attached hydrogen (secondary N) is 1. The maximum Gasteiger partial charge on any atom is 0.262 e. The fourth-order valence-corrected chi connectivity index (χ4v) is 3.17. The number of benzene rings is 2. The van der Waals surface area contributed by atoms with Crippen LogP contribution in [0.1, 0.15) is 25.0 Å². The maximum absolute atomic E-state index is 9.06. The zero-order chi connectivity index (χ0) is 15.9. The van der Waals surface area contributed by atoms with E-state index in [2.05, 4.69) is 11.4 Å². The molecule has 0 spiro atoms. The monoisotopic (exact) mass is 328 g/mol. The minimum atomic E-state index is -0.538. The van der Waals surface area contributed by atoms with Crippen LogP contribution < -0.4 is 5.32 Å². The Labute approximate surface area is 139 Å². The third kappa shape index (κ3) is 2.54. The number of nitriles is 1. The number of anilines is 1. The van der Waals surface area contributed by atoms with Crippen LogP contribution in [0.4, 0.5) is 5.69 Å². The van der Waals surface area contributed by atoms with E-state index in [1.54, 1.807) is 6.07 Å². The molecule has 0 atom stereocenters. The molecule has 5 heteroatoms. The molecule has 1 aliphatic rings. The Morgan fingerprint density at radius 1 is 1.27 bits per heavy atom. The largest absolute Gasteiger partial charge is 0.460 e. The molecule has 0 saturated heterocycles. The van der Waals surface area contributed by atoms with Crippen LogP contribution in [0, 0.1) is 11.3 Å². The van der Waals surface area contributed by atoms with Crippen LogP contribution in [0.15, 0.2) is 36.4 Å². The van der Waals surface area contributed by atoms with Crippen LogP contribution in [0.2, 0.25) is 5.02 Å². The first kappa shape index (κ1) is 14.8. The number of ether oxygens (including phenoxy) is 1. The van der Waals surface area contributed by atoms with Crippen molar-refractivity contribution in [1.82, 2.24) is 0 Å². The van der Waals surface area contributed by atoms with E-state index in [0.29, 0.717) is 15.8 Å². The van der Waals surface area contributed by atoms with Gasteiger partial charge in [-0.1, -0.05) is 23.7 Å². The molecule has 0 aromatic heterocycles. The normalized spacial score (nSPS) is 15.3. The van der Waals surface area contributed by atoms with Crippen molar-refractivity contribution in [3.8, 4) is 17.2 Å². The summed E-state index contributed by atoms with van der Waals surface area (Å²) in [5.74, 6) is 0. The van der Waals surface area contributed by atoms with E-state index < -0.39 is 5.60 Å². The van der Waals surface area contributed by atoms with Crippen molar-refractivity contribution in [3.63, 3.8) is 0 Å². The second-order valence-electron chi connectivity index (χ2n) is 5.60. The smallest absolute Gasteiger partial charge is 0.262 e. The van der Waals surface area contributed by atoms with Crippen molar-refractivity contribution < 1.29 is 4.74 Å². The van der Waals surface area contributed by atoms with Gasteiger partial charge in [-0.3, -0.25) is 0 Å². The highest BCUT2D eigenvalue weighted by Gasteiger charge is 2.32. The van der Waals surface area contributed by atoms with Gasteiger partial charge >= 0.3 is 0 Å². The molecule has 0 amide bonds. The molecule has 0 saturated carbocycles. The second kappa shape index (κ2) is 5.28. The van der Waals surface area contributed by atoms with Crippen molar-refractivity contribution in [1.29, 1.82) is 5.26 Å². The Kier molecular flexibility index (Phi) is 3.56. The van der Waals surface area contributed by atoms with Crippen LogP contribution in [0.25, 0.3) is 11.1 Å². The molecule has 0 fully saturated rings. The van der Waals surface area contributed by atoms with E-state index in [-0.39, 0.29) is 0 Å². The number of hydrogen-bond acceptors (Lipinski definition) is 3. The molecule has 2 aromatic rings. The summed E-state index contributed by atoms with van der Waals surface area (Å²) in [6, 6.07) is 13.3. The lowest BCUT2D eigenvalue weighted by molar-refractivity contribution is 0.0947. The second-order valence-corrected chi connectivity index (χ2v) is 6.37. The fraction of sp³-hybridized carbons (Fsp3) is 0.176. The van der Waals surface area contributed by atoms with Gasteiger partial charge in [0.25, 0.3) is 5.17 Å². The lowest BCUT2D eigenvalue weighted by Crippen LogP contribution is -2.34. The van der Waals surface area contributed by atoms with Gasteiger partial charge in [0.15, 0.2) is 0 Å². The van der Waals surface area contributed by atoms with Gasteiger partial charge in [-0.2, -0.15) is 5.26 Å². The topological polar surface area (TPSA) is 45.0 Å². The minimum Gasteiger partial charge on any atom is -0.460 e. The lowest BCUT2D eigenvalue weighted by Gasteiger charge is -2.34. The lowest BCUT2D eigenvalue weighted by atomic mass is 9.91. The van der Waals surface area contributed by atoms with Gasteiger partial charge in [0.1, 0.15) is 5.60 Å². The SMILES string of the molecule is CC1(C)OC(=S)Nc2cc(Cl)c(-c3cccc(C#N)c3)cc21. The van der Waals surface area contributed by atoms with Crippen LogP contribution in [0.3, 0.4) is 0 Å². The first-order valence-corrected chi connectivity index (χ1v) is 7.54. The van der Waals surface area contributed by atoms with Crippen molar-refractivity contribution in [2.45, 2.75) is 19.4 Å². The predicted molar refractivity (Wildman–Crippen MR) is 91.9 cm³/mol. The molecule has 0 bridgehead atoms. The molecular weight excluding hydrogens is 316 g/mol. The molecule has 0 unspecified atom stereocenters. The van der Waals surface area contributed by atoms with E-state index in [9.17, 15) is 0 Å². The number of halogens is 1. The van der Waals surface area contributed by atoms with Crippen molar-refractivity contribution in [2.75, 3.05) is 5.32 Å². The molecule has 1 N–H and O–H groups in total. The number of nitrogens with zero attached hydrogens (tertiary/aromatic N) is 1. The van der Waals surface area contributed by atoms with Gasteiger partial charge in [-0.15, -0.1) is 0 Å². The van der Waals surface area contributed by atoms with Gasteiger partial charge in [-0.05, 0) is 55.9 Å². The maximum atomic E-state index is 9.06. The summed E-state index contributed by atoms with van der Waals surface area (Å²) in [7, 11) is 0. The van der Waals surface area contributed by atoms with Crippen LogP contribution in [-0.2, 0) is 10.3 Å². The van der Waals surface area contributed by atoms with Crippen LogP contribution >= 0.6 is 23.8 Å². The quantitative estimate of drug-likeness (QED) is 0.761. The van der Waals surface area contributed by atoms with Crippen LogP contribution in [-0.4, -0.2) is 5.17 Å². The molecular formula is C17H13ClN2OS. The highest BCUT2D eigenvalue weighted by atomic mass is 35.5. The van der Waals surface area contributed by atoms with E-state index in [4.69, 9.17) is 33.8 Å². The summed E-state index contributed by atoms with van der Waals surface area (Å²) in [6.45, 7) is 3.92. The average Bonchev–Trinajstić information content (AvgIpc) is 2.45. The summed E-state index contributed by atoms with van der Waals surface area (Å²) >= 11 is 11.5. The van der Waals surface area contributed by atoms with E-state index >= 15 is 0 Å². The van der Waals surface area contributed by atoms with E-state index in [1.165, 1.54) is 0 Å². The molecule has 0 radical (unpaired) electrons. The highest BCUT2D eigenvalue weighted by Crippen LogP contribution is 2.41.